The van der Waals surface area contributed by atoms with E-state index in [2.05, 4.69) is 10.6 Å². The number of hydrogen-bond acceptors (Lipinski definition) is 4. The van der Waals surface area contributed by atoms with Crippen LogP contribution in [0.25, 0.3) is 0 Å². The second-order valence-electron chi connectivity index (χ2n) is 6.96. The van der Waals surface area contributed by atoms with Crippen LogP contribution in [0.5, 0.6) is 5.75 Å². The lowest BCUT2D eigenvalue weighted by molar-refractivity contribution is -0.142. The third-order valence-electron chi connectivity index (χ3n) is 4.98. The fourth-order valence-electron chi connectivity index (χ4n) is 3.44. The number of carboxylic acids is 1. The van der Waals surface area contributed by atoms with E-state index in [9.17, 15) is 9.59 Å². The predicted octanol–water partition coefficient (Wildman–Crippen LogP) is 3.01. The summed E-state index contributed by atoms with van der Waals surface area (Å²) in [5.74, 6) is -0.272. The normalized spacial score (nSPS) is 25.5. The molecule has 0 bridgehead atoms. The van der Waals surface area contributed by atoms with Gasteiger partial charge in [0, 0.05) is 18.3 Å². The molecule has 142 valence electrons. The Morgan fingerprint density at radius 1 is 1.12 bits per heavy atom. The fourth-order valence-corrected chi connectivity index (χ4v) is 3.44. The monoisotopic (exact) mass is 362 g/mol. The molecule has 2 amide bonds. The number of amides is 2. The molecule has 1 aromatic rings. The Morgan fingerprint density at radius 2 is 1.85 bits per heavy atom. The van der Waals surface area contributed by atoms with E-state index in [1.807, 2.05) is 12.1 Å². The van der Waals surface area contributed by atoms with E-state index in [1.165, 1.54) is 0 Å². The lowest BCUT2D eigenvalue weighted by Gasteiger charge is -2.26. The first-order valence-corrected chi connectivity index (χ1v) is 9.25. The highest BCUT2D eigenvalue weighted by molar-refractivity contribution is 5.89. The number of rotatable bonds is 6. The van der Waals surface area contributed by atoms with Crippen LogP contribution < -0.4 is 15.4 Å². The molecule has 0 radical (unpaired) electrons. The third kappa shape index (κ3) is 5.36. The van der Waals surface area contributed by atoms with Crippen LogP contribution in [0, 0.1) is 5.92 Å². The molecular weight excluding hydrogens is 336 g/mol. The molecule has 26 heavy (non-hydrogen) atoms. The quantitative estimate of drug-likeness (QED) is 0.723. The number of aliphatic carboxylic acids is 1. The number of anilines is 1. The molecule has 1 aliphatic heterocycles. The average molecular weight is 362 g/mol. The van der Waals surface area contributed by atoms with E-state index >= 15 is 0 Å². The van der Waals surface area contributed by atoms with Gasteiger partial charge in [0.1, 0.15) is 12.4 Å². The molecule has 1 aliphatic carbocycles. The molecule has 1 saturated carbocycles. The zero-order valence-electron chi connectivity index (χ0n) is 14.8. The number of hydrogen-bond donors (Lipinski definition) is 3. The van der Waals surface area contributed by atoms with Crippen molar-refractivity contribution in [3.05, 3.63) is 24.3 Å². The van der Waals surface area contributed by atoms with Crippen LogP contribution in [0.1, 0.15) is 38.5 Å². The Bertz CT molecular complexity index is 605. The van der Waals surface area contributed by atoms with Crippen LogP contribution in [0.2, 0.25) is 0 Å². The summed E-state index contributed by atoms with van der Waals surface area (Å²) in [5.41, 5.74) is 0.686. The third-order valence-corrected chi connectivity index (χ3v) is 4.98. The second kappa shape index (κ2) is 8.89. The number of nitrogens with one attached hydrogen (secondary N) is 2. The van der Waals surface area contributed by atoms with Crippen LogP contribution in [-0.2, 0) is 9.53 Å². The van der Waals surface area contributed by atoms with Gasteiger partial charge in [0.2, 0.25) is 0 Å². The van der Waals surface area contributed by atoms with Crippen LogP contribution in [0.15, 0.2) is 24.3 Å². The number of ether oxygens (including phenoxy) is 2. The van der Waals surface area contributed by atoms with Crippen LogP contribution in [0.4, 0.5) is 10.5 Å². The Balaban J connectivity index is 1.39. The summed E-state index contributed by atoms with van der Waals surface area (Å²) < 4.78 is 11.2. The number of carbonyl (C=O) groups is 2. The largest absolute Gasteiger partial charge is 0.491 e. The van der Waals surface area contributed by atoms with E-state index in [0.717, 1.165) is 25.2 Å². The first kappa shape index (κ1) is 18.5. The second-order valence-corrected chi connectivity index (χ2v) is 6.96. The molecule has 2 fully saturated rings. The molecule has 1 unspecified atom stereocenters. The average Bonchev–Trinajstić information content (AvgIpc) is 3.15. The van der Waals surface area contributed by atoms with Gasteiger partial charge in [-0.05, 0) is 62.8 Å². The summed E-state index contributed by atoms with van der Waals surface area (Å²) in [4.78, 5) is 23.1. The molecule has 1 saturated heterocycles. The maximum Gasteiger partial charge on any atom is 0.319 e. The zero-order chi connectivity index (χ0) is 18.4. The Labute approximate surface area is 153 Å². The lowest BCUT2D eigenvalue weighted by Crippen LogP contribution is -2.40. The van der Waals surface area contributed by atoms with Crippen molar-refractivity contribution in [2.45, 2.75) is 50.7 Å². The molecule has 3 N–H and O–H groups in total. The number of benzene rings is 1. The summed E-state index contributed by atoms with van der Waals surface area (Å²) in [6.07, 6.45) is 4.90. The number of carboxylic acid groups (broad SMARTS) is 1. The SMILES string of the molecule is O=C(Nc1ccc(OCC2CCCO2)cc1)NC1CCC(C(=O)O)CC1. The van der Waals surface area contributed by atoms with Crippen molar-refractivity contribution in [3.63, 3.8) is 0 Å². The highest BCUT2D eigenvalue weighted by Crippen LogP contribution is 2.24. The van der Waals surface area contributed by atoms with Gasteiger partial charge in [-0.3, -0.25) is 4.79 Å². The molecule has 3 rings (SSSR count). The van der Waals surface area contributed by atoms with Crippen LogP contribution in [0.3, 0.4) is 0 Å². The predicted molar refractivity (Wildman–Crippen MR) is 96.4 cm³/mol. The van der Waals surface area contributed by atoms with Crippen molar-refractivity contribution in [1.29, 1.82) is 0 Å². The maximum atomic E-state index is 12.1. The van der Waals surface area contributed by atoms with Crippen molar-refractivity contribution in [1.82, 2.24) is 5.32 Å². The van der Waals surface area contributed by atoms with Gasteiger partial charge in [0.25, 0.3) is 0 Å². The maximum absolute atomic E-state index is 12.1. The fraction of sp³-hybridized carbons (Fsp3) is 0.579. The van der Waals surface area contributed by atoms with Gasteiger partial charge in [-0.15, -0.1) is 0 Å². The van der Waals surface area contributed by atoms with Gasteiger partial charge < -0.3 is 25.2 Å². The molecule has 2 aliphatic rings. The summed E-state index contributed by atoms with van der Waals surface area (Å²) in [7, 11) is 0. The van der Waals surface area contributed by atoms with Gasteiger partial charge in [-0.2, -0.15) is 0 Å². The van der Waals surface area contributed by atoms with Gasteiger partial charge in [0.05, 0.1) is 12.0 Å². The van der Waals surface area contributed by atoms with E-state index in [0.29, 0.717) is 38.0 Å². The first-order valence-electron chi connectivity index (χ1n) is 9.25. The van der Waals surface area contributed by atoms with Gasteiger partial charge in [0.15, 0.2) is 0 Å². The standard InChI is InChI=1S/C19H26N2O5/c22-18(23)13-3-5-14(6-4-13)20-19(24)21-15-7-9-16(10-8-15)26-12-17-2-1-11-25-17/h7-10,13-14,17H,1-6,11-12H2,(H,22,23)(H2,20,21,24). The van der Waals surface area contributed by atoms with Gasteiger partial charge in [-0.1, -0.05) is 0 Å². The van der Waals surface area contributed by atoms with Crippen molar-refractivity contribution < 1.29 is 24.2 Å². The van der Waals surface area contributed by atoms with Crippen molar-refractivity contribution >= 4 is 17.7 Å². The minimum absolute atomic E-state index is 0.0274. The highest BCUT2D eigenvalue weighted by atomic mass is 16.5. The zero-order valence-corrected chi connectivity index (χ0v) is 14.8. The highest BCUT2D eigenvalue weighted by Gasteiger charge is 2.26. The molecule has 0 spiro atoms. The summed E-state index contributed by atoms with van der Waals surface area (Å²) >= 11 is 0. The lowest BCUT2D eigenvalue weighted by atomic mass is 9.86. The van der Waals surface area contributed by atoms with E-state index in [-0.39, 0.29) is 24.1 Å². The van der Waals surface area contributed by atoms with E-state index in [1.54, 1.807) is 12.1 Å². The summed E-state index contributed by atoms with van der Waals surface area (Å²) in [6.45, 7) is 1.36. The number of urea groups is 1. The summed E-state index contributed by atoms with van der Waals surface area (Å²) in [5, 5.41) is 14.7. The smallest absolute Gasteiger partial charge is 0.319 e. The first-order chi connectivity index (χ1) is 12.6. The molecular formula is C19H26N2O5. The molecule has 1 aromatic carbocycles. The number of carbonyl (C=O) groups excluding carboxylic acids is 1. The Hall–Kier alpha value is -2.28. The van der Waals surface area contributed by atoms with Crippen molar-refractivity contribution in [2.75, 3.05) is 18.5 Å². The van der Waals surface area contributed by atoms with Gasteiger partial charge in [-0.25, -0.2) is 4.79 Å². The minimum atomic E-state index is -0.741. The van der Waals surface area contributed by atoms with Crippen molar-refractivity contribution in [3.8, 4) is 5.75 Å². The van der Waals surface area contributed by atoms with Crippen molar-refractivity contribution in [2.24, 2.45) is 5.92 Å². The molecule has 7 heteroatoms. The molecule has 0 aromatic heterocycles. The molecule has 1 atom stereocenters. The topological polar surface area (TPSA) is 96.9 Å². The van der Waals surface area contributed by atoms with Crippen LogP contribution >= 0.6 is 0 Å². The van der Waals surface area contributed by atoms with Crippen LogP contribution in [-0.4, -0.2) is 42.5 Å². The van der Waals surface area contributed by atoms with E-state index in [4.69, 9.17) is 14.6 Å². The summed E-state index contributed by atoms with van der Waals surface area (Å²) in [6, 6.07) is 7.00. The molecule has 7 nitrogen and oxygen atoms in total. The Morgan fingerprint density at radius 3 is 2.46 bits per heavy atom. The molecule has 1 heterocycles. The minimum Gasteiger partial charge on any atom is -0.491 e. The van der Waals surface area contributed by atoms with Gasteiger partial charge >= 0.3 is 12.0 Å². The van der Waals surface area contributed by atoms with E-state index < -0.39 is 5.97 Å². The Kier molecular flexibility index (Phi) is 6.33.